The number of nitrogens with one attached hydrogen (secondary N) is 2. The number of amides is 1. The molecule has 3 aromatic carbocycles. The number of methoxy groups -OCH3 is 1. The molecule has 1 unspecified atom stereocenters. The van der Waals surface area contributed by atoms with Crippen molar-refractivity contribution < 1.29 is 24.5 Å². The standard InChI is InChI=1S/C25H25ClN2O5/c1-33-22-12-18(11-10-17(22)14-27-15-19(29)13-23(30)31)28-25(32)21-9-5-8-20(24(21)26)16-6-3-2-4-7-16/h2-12,19,27,29H,13-15H2,1H3,(H,28,32)(H,30,31). The molecule has 0 saturated heterocycles. The Labute approximate surface area is 197 Å². The lowest BCUT2D eigenvalue weighted by atomic mass is 10.0. The van der Waals surface area contributed by atoms with Gasteiger partial charge in [0.25, 0.3) is 5.91 Å². The van der Waals surface area contributed by atoms with E-state index in [1.165, 1.54) is 7.11 Å². The van der Waals surface area contributed by atoms with Gasteiger partial charge in [-0.2, -0.15) is 0 Å². The van der Waals surface area contributed by atoms with Gasteiger partial charge in [0.2, 0.25) is 0 Å². The van der Waals surface area contributed by atoms with Gasteiger partial charge in [0.1, 0.15) is 5.75 Å². The van der Waals surface area contributed by atoms with Crippen LogP contribution in [-0.4, -0.2) is 41.8 Å². The monoisotopic (exact) mass is 468 g/mol. The molecule has 0 fully saturated rings. The van der Waals surface area contributed by atoms with Gasteiger partial charge in [0.15, 0.2) is 0 Å². The van der Waals surface area contributed by atoms with E-state index in [4.69, 9.17) is 21.4 Å². The summed E-state index contributed by atoms with van der Waals surface area (Å²) < 4.78 is 5.42. The van der Waals surface area contributed by atoms with E-state index < -0.39 is 12.1 Å². The van der Waals surface area contributed by atoms with E-state index in [0.29, 0.717) is 28.6 Å². The number of hydrogen-bond acceptors (Lipinski definition) is 5. The van der Waals surface area contributed by atoms with Gasteiger partial charge in [-0.05, 0) is 17.7 Å². The molecule has 1 atom stereocenters. The summed E-state index contributed by atoms with van der Waals surface area (Å²) in [4.78, 5) is 23.5. The summed E-state index contributed by atoms with van der Waals surface area (Å²) in [6.45, 7) is 0.489. The zero-order valence-electron chi connectivity index (χ0n) is 18.0. The fraction of sp³-hybridized carbons (Fsp3) is 0.200. The lowest BCUT2D eigenvalue weighted by Gasteiger charge is -2.14. The summed E-state index contributed by atoms with van der Waals surface area (Å²) in [6, 6.07) is 20.1. The van der Waals surface area contributed by atoms with Crippen molar-refractivity contribution in [2.75, 3.05) is 19.0 Å². The number of carboxylic acid groups (broad SMARTS) is 1. The molecule has 0 spiro atoms. The summed E-state index contributed by atoms with van der Waals surface area (Å²) in [5, 5.41) is 24.6. The number of aliphatic carboxylic acids is 1. The highest BCUT2D eigenvalue weighted by atomic mass is 35.5. The van der Waals surface area contributed by atoms with Crippen LogP contribution in [0.4, 0.5) is 5.69 Å². The van der Waals surface area contributed by atoms with Crippen molar-refractivity contribution in [3.8, 4) is 16.9 Å². The number of carbonyl (C=O) groups is 2. The first-order valence-corrected chi connectivity index (χ1v) is 10.7. The molecule has 172 valence electrons. The van der Waals surface area contributed by atoms with Gasteiger partial charge in [-0.25, -0.2) is 0 Å². The molecule has 0 aromatic heterocycles. The van der Waals surface area contributed by atoms with Crippen molar-refractivity contribution in [1.29, 1.82) is 0 Å². The predicted molar refractivity (Wildman–Crippen MR) is 128 cm³/mol. The lowest BCUT2D eigenvalue weighted by Crippen LogP contribution is -2.28. The molecule has 8 heteroatoms. The first-order valence-electron chi connectivity index (χ1n) is 10.3. The first kappa shape index (κ1) is 24.3. The van der Waals surface area contributed by atoms with Crippen LogP contribution in [0.25, 0.3) is 11.1 Å². The topological polar surface area (TPSA) is 108 Å². The number of carbonyl (C=O) groups excluding carboxylic acids is 1. The van der Waals surface area contributed by atoms with Crippen molar-refractivity contribution in [2.45, 2.75) is 19.1 Å². The highest BCUT2D eigenvalue weighted by molar-refractivity contribution is 6.37. The summed E-state index contributed by atoms with van der Waals surface area (Å²) in [5.74, 6) is -0.865. The van der Waals surface area contributed by atoms with E-state index in [1.54, 1.807) is 30.3 Å². The maximum absolute atomic E-state index is 12.9. The van der Waals surface area contributed by atoms with Crippen molar-refractivity contribution in [1.82, 2.24) is 5.32 Å². The van der Waals surface area contributed by atoms with E-state index in [1.807, 2.05) is 36.4 Å². The normalized spacial score (nSPS) is 11.6. The Morgan fingerprint density at radius 2 is 1.82 bits per heavy atom. The van der Waals surface area contributed by atoms with Crippen molar-refractivity contribution in [3.63, 3.8) is 0 Å². The number of aliphatic hydroxyl groups is 1. The zero-order chi connectivity index (χ0) is 23.8. The number of rotatable bonds is 10. The molecule has 0 heterocycles. The summed E-state index contributed by atoms with van der Waals surface area (Å²) in [5.41, 5.74) is 3.38. The molecule has 4 N–H and O–H groups in total. The van der Waals surface area contributed by atoms with Crippen LogP contribution >= 0.6 is 11.6 Å². The summed E-state index contributed by atoms with van der Waals surface area (Å²) >= 11 is 6.55. The van der Waals surface area contributed by atoms with Crippen LogP contribution in [0.2, 0.25) is 5.02 Å². The zero-order valence-corrected chi connectivity index (χ0v) is 18.8. The van der Waals surface area contributed by atoms with E-state index in [-0.39, 0.29) is 18.9 Å². The number of benzene rings is 3. The molecule has 0 aliphatic rings. The lowest BCUT2D eigenvalue weighted by molar-refractivity contribution is -0.139. The van der Waals surface area contributed by atoms with E-state index >= 15 is 0 Å². The van der Waals surface area contributed by atoms with Gasteiger partial charge in [-0.1, -0.05) is 60.1 Å². The molecule has 0 saturated carbocycles. The SMILES string of the molecule is COc1cc(NC(=O)c2cccc(-c3ccccc3)c2Cl)ccc1CNCC(O)CC(=O)O. The summed E-state index contributed by atoms with van der Waals surface area (Å²) in [7, 11) is 1.52. The Kier molecular flexibility index (Phi) is 8.43. The Morgan fingerprint density at radius 3 is 2.52 bits per heavy atom. The molecular weight excluding hydrogens is 444 g/mol. The van der Waals surface area contributed by atoms with E-state index in [9.17, 15) is 14.7 Å². The fourth-order valence-corrected chi connectivity index (χ4v) is 3.68. The number of anilines is 1. The van der Waals surface area contributed by atoms with E-state index in [0.717, 1.165) is 16.7 Å². The third kappa shape index (κ3) is 6.55. The third-order valence-corrected chi connectivity index (χ3v) is 5.39. The average molecular weight is 469 g/mol. The largest absolute Gasteiger partial charge is 0.496 e. The molecule has 1 amide bonds. The molecule has 0 aliphatic carbocycles. The van der Waals surface area contributed by atoms with Crippen LogP contribution in [0.1, 0.15) is 22.3 Å². The number of halogens is 1. The Bertz CT molecular complexity index is 1120. The van der Waals surface area contributed by atoms with Crippen molar-refractivity contribution in [2.24, 2.45) is 0 Å². The van der Waals surface area contributed by atoms with Crippen LogP contribution in [-0.2, 0) is 11.3 Å². The van der Waals surface area contributed by atoms with Crippen molar-refractivity contribution in [3.05, 3.63) is 82.9 Å². The highest BCUT2D eigenvalue weighted by Gasteiger charge is 2.16. The van der Waals surface area contributed by atoms with Crippen LogP contribution in [0.5, 0.6) is 5.75 Å². The highest BCUT2D eigenvalue weighted by Crippen LogP contribution is 2.31. The Morgan fingerprint density at radius 1 is 1.06 bits per heavy atom. The predicted octanol–water partition coefficient (Wildman–Crippen LogP) is 4.19. The van der Waals surface area contributed by atoms with Gasteiger partial charge in [-0.15, -0.1) is 0 Å². The van der Waals surface area contributed by atoms with Crippen LogP contribution in [0.15, 0.2) is 66.7 Å². The average Bonchev–Trinajstić information content (AvgIpc) is 2.80. The van der Waals surface area contributed by atoms with Crippen molar-refractivity contribution >= 4 is 29.2 Å². The number of ether oxygens (including phenoxy) is 1. The quantitative estimate of drug-likeness (QED) is 0.355. The molecule has 0 bridgehead atoms. The van der Waals surface area contributed by atoms with Crippen LogP contribution in [0.3, 0.4) is 0 Å². The van der Waals surface area contributed by atoms with Crippen LogP contribution in [0, 0.1) is 0 Å². The number of carboxylic acids is 1. The summed E-state index contributed by atoms with van der Waals surface area (Å²) in [6.07, 6.45) is -1.31. The Balaban J connectivity index is 1.70. The maximum Gasteiger partial charge on any atom is 0.306 e. The Hall–Kier alpha value is -3.39. The molecule has 0 aliphatic heterocycles. The molecule has 0 radical (unpaired) electrons. The third-order valence-electron chi connectivity index (χ3n) is 4.98. The number of aliphatic hydroxyl groups excluding tert-OH is 1. The number of hydrogen-bond donors (Lipinski definition) is 4. The second kappa shape index (κ2) is 11.5. The molecule has 3 aromatic rings. The molecule has 3 rings (SSSR count). The van der Waals surface area contributed by atoms with Gasteiger partial charge >= 0.3 is 5.97 Å². The van der Waals surface area contributed by atoms with Crippen LogP contribution < -0.4 is 15.4 Å². The van der Waals surface area contributed by atoms with Gasteiger partial charge in [-0.3, -0.25) is 9.59 Å². The second-order valence-corrected chi connectivity index (χ2v) is 7.77. The first-order chi connectivity index (χ1) is 15.9. The minimum atomic E-state index is -1.06. The van der Waals surface area contributed by atoms with Gasteiger partial charge < -0.3 is 25.6 Å². The minimum Gasteiger partial charge on any atom is -0.496 e. The second-order valence-electron chi connectivity index (χ2n) is 7.40. The maximum atomic E-state index is 12.9. The van der Waals surface area contributed by atoms with Gasteiger partial charge in [0.05, 0.1) is 30.2 Å². The molecule has 7 nitrogen and oxygen atoms in total. The smallest absolute Gasteiger partial charge is 0.306 e. The van der Waals surface area contributed by atoms with Gasteiger partial charge in [0, 0.05) is 36.0 Å². The van der Waals surface area contributed by atoms with E-state index in [2.05, 4.69) is 10.6 Å². The molecule has 33 heavy (non-hydrogen) atoms. The minimum absolute atomic E-state index is 0.129. The fourth-order valence-electron chi connectivity index (χ4n) is 3.36. The molecular formula is C25H25ClN2O5.